The first kappa shape index (κ1) is 37.9. The molecule has 1 aromatic heterocycles. The molecule has 1 aliphatic carbocycles. The summed E-state index contributed by atoms with van der Waals surface area (Å²) in [5.74, 6) is 2.41. The molecular weight excluding hydrogens is 803 g/mol. The number of fused-ring (bicyclic) bond motifs is 11. The summed E-state index contributed by atoms with van der Waals surface area (Å²) in [5, 5.41) is 0.937. The van der Waals surface area contributed by atoms with Crippen LogP contribution in [-0.4, -0.2) is 0 Å². The van der Waals surface area contributed by atoms with Gasteiger partial charge >= 0.3 is 0 Å². The number of furan rings is 1. The molecule has 0 bridgehead atoms. The molecule has 10 aromatic carbocycles. The van der Waals surface area contributed by atoms with Crippen molar-refractivity contribution < 1.29 is 9.15 Å². The van der Waals surface area contributed by atoms with E-state index in [0.29, 0.717) is 0 Å². The summed E-state index contributed by atoms with van der Waals surface area (Å²) in [6.07, 6.45) is 0. The Labute approximate surface area is 384 Å². The Kier molecular flexibility index (Phi) is 8.75. The molecule has 2 aliphatic rings. The van der Waals surface area contributed by atoms with E-state index >= 15 is 0 Å². The van der Waals surface area contributed by atoms with E-state index in [4.69, 9.17) is 9.15 Å². The molecule has 0 unspecified atom stereocenters. The van der Waals surface area contributed by atoms with Crippen molar-refractivity contribution in [3.63, 3.8) is 0 Å². The summed E-state index contributed by atoms with van der Waals surface area (Å²) in [4.78, 5) is 2.32. The van der Waals surface area contributed by atoms with E-state index < -0.39 is 5.41 Å². The van der Waals surface area contributed by atoms with E-state index in [1.807, 2.05) is 0 Å². The summed E-state index contributed by atoms with van der Waals surface area (Å²) in [6, 6.07) is 88.9. The number of hydrogen-bond donors (Lipinski definition) is 0. The molecule has 11 aromatic rings. The predicted octanol–water partition coefficient (Wildman–Crippen LogP) is 17.0. The summed E-state index contributed by atoms with van der Waals surface area (Å²) < 4.78 is 14.2. The van der Waals surface area contributed by atoms with Gasteiger partial charge in [0.25, 0.3) is 0 Å². The summed E-state index contributed by atoms with van der Waals surface area (Å²) in [5.41, 5.74) is 18.5. The molecular formula is C63H41NO2. The largest absolute Gasteiger partial charge is 0.455 e. The van der Waals surface area contributed by atoms with Gasteiger partial charge in [0.2, 0.25) is 0 Å². The van der Waals surface area contributed by atoms with E-state index in [1.165, 1.54) is 55.6 Å². The van der Waals surface area contributed by atoms with Crippen LogP contribution in [0.1, 0.15) is 22.5 Å². The highest BCUT2D eigenvalue weighted by Gasteiger charge is 2.54. The molecule has 1 aliphatic heterocycles. The lowest BCUT2D eigenvalue weighted by molar-refractivity contribution is 0.389. The smallest absolute Gasteiger partial charge is 0.178 e. The Morgan fingerprint density at radius 1 is 0.318 bits per heavy atom. The van der Waals surface area contributed by atoms with Gasteiger partial charge in [0, 0.05) is 28.7 Å². The summed E-state index contributed by atoms with van der Waals surface area (Å²) in [6.45, 7) is 0. The van der Waals surface area contributed by atoms with Crippen molar-refractivity contribution in [1.29, 1.82) is 0 Å². The zero-order valence-electron chi connectivity index (χ0n) is 35.9. The van der Waals surface area contributed by atoms with Crippen LogP contribution in [0.25, 0.3) is 66.6 Å². The zero-order valence-corrected chi connectivity index (χ0v) is 35.9. The highest BCUT2D eigenvalue weighted by Crippen LogP contribution is 2.63. The van der Waals surface area contributed by atoms with Crippen molar-refractivity contribution in [2.75, 3.05) is 4.90 Å². The average Bonchev–Trinajstić information content (AvgIpc) is 3.91. The first-order valence-electron chi connectivity index (χ1n) is 22.6. The van der Waals surface area contributed by atoms with Gasteiger partial charge in [0.15, 0.2) is 11.5 Å². The molecule has 0 saturated carbocycles. The minimum Gasteiger partial charge on any atom is -0.455 e. The SMILES string of the molecule is c1ccc(-c2cccc(-c3ccc(N(c4ccc(-c5cccc(-c6ccccc6)c5)cc4)c4ccc5c6c(oc5c4)C4(c5ccccc5O6)c5ccccc5-c5ccccc54)cc3)c2)cc1. The molecule has 0 saturated heterocycles. The Bertz CT molecular complexity index is 3440. The third-order valence-electron chi connectivity index (χ3n) is 13.5. The molecule has 3 heteroatoms. The van der Waals surface area contributed by atoms with Gasteiger partial charge in [-0.2, -0.15) is 0 Å². The fourth-order valence-electron chi connectivity index (χ4n) is 10.5. The van der Waals surface area contributed by atoms with Crippen molar-refractivity contribution in [3.8, 4) is 67.1 Å². The van der Waals surface area contributed by atoms with Crippen LogP contribution >= 0.6 is 0 Å². The van der Waals surface area contributed by atoms with Gasteiger partial charge in [-0.25, -0.2) is 0 Å². The van der Waals surface area contributed by atoms with Crippen molar-refractivity contribution in [2.24, 2.45) is 0 Å². The van der Waals surface area contributed by atoms with Crippen LogP contribution in [0.5, 0.6) is 11.5 Å². The molecule has 0 atom stereocenters. The molecule has 66 heavy (non-hydrogen) atoms. The van der Waals surface area contributed by atoms with Crippen LogP contribution < -0.4 is 9.64 Å². The van der Waals surface area contributed by atoms with Gasteiger partial charge in [-0.1, -0.05) is 188 Å². The van der Waals surface area contributed by atoms with Crippen molar-refractivity contribution in [2.45, 2.75) is 5.41 Å². The second-order valence-electron chi connectivity index (χ2n) is 17.2. The molecule has 310 valence electrons. The van der Waals surface area contributed by atoms with Crippen molar-refractivity contribution >= 4 is 28.0 Å². The second-order valence-corrected chi connectivity index (χ2v) is 17.2. The van der Waals surface area contributed by atoms with Gasteiger partial charge in [0.1, 0.15) is 16.7 Å². The van der Waals surface area contributed by atoms with Gasteiger partial charge in [-0.05, 0) is 121 Å². The van der Waals surface area contributed by atoms with Crippen LogP contribution in [0.2, 0.25) is 0 Å². The molecule has 0 N–H and O–H groups in total. The number of benzene rings is 10. The van der Waals surface area contributed by atoms with Gasteiger partial charge < -0.3 is 14.1 Å². The van der Waals surface area contributed by atoms with Crippen LogP contribution in [0.15, 0.2) is 253 Å². The highest BCUT2D eigenvalue weighted by atomic mass is 16.5. The summed E-state index contributed by atoms with van der Waals surface area (Å²) in [7, 11) is 0. The number of anilines is 3. The van der Waals surface area contributed by atoms with Crippen molar-refractivity contribution in [1.82, 2.24) is 0 Å². The zero-order chi connectivity index (χ0) is 43.6. The van der Waals surface area contributed by atoms with Crippen LogP contribution in [-0.2, 0) is 5.41 Å². The first-order valence-corrected chi connectivity index (χ1v) is 22.6. The fourth-order valence-corrected chi connectivity index (χ4v) is 10.5. The molecule has 2 heterocycles. The molecule has 1 spiro atoms. The Morgan fingerprint density at radius 2 is 0.742 bits per heavy atom. The normalized spacial score (nSPS) is 12.8. The predicted molar refractivity (Wildman–Crippen MR) is 270 cm³/mol. The minimum absolute atomic E-state index is 0.683. The monoisotopic (exact) mass is 843 g/mol. The van der Waals surface area contributed by atoms with Crippen LogP contribution in [0, 0.1) is 0 Å². The third-order valence-corrected chi connectivity index (χ3v) is 13.5. The average molecular weight is 844 g/mol. The number of para-hydroxylation sites is 1. The van der Waals surface area contributed by atoms with Gasteiger partial charge in [0.05, 0.1) is 5.39 Å². The van der Waals surface area contributed by atoms with E-state index in [2.05, 4.69) is 254 Å². The quantitative estimate of drug-likeness (QED) is 0.160. The standard InChI is InChI=1S/C63H41NO2/c1-3-15-42(16-4-1)46-19-13-21-48(39-46)44-29-33-50(34-30-44)64(51-35-31-45(32-36-51)49-22-14-20-47(40-49)43-17-5-2-6-18-43)52-37-38-55-60(41-52)66-62-61(55)65-59-28-12-11-27-58(59)63(62)56-25-9-7-23-53(56)54-24-8-10-26-57(54)63/h1-41H. The molecule has 3 nitrogen and oxygen atoms in total. The Balaban J connectivity index is 0.946. The lowest BCUT2D eigenvalue weighted by atomic mass is 9.69. The minimum atomic E-state index is -0.683. The number of nitrogens with zero attached hydrogens (tertiary/aromatic N) is 1. The maximum absolute atomic E-state index is 7.26. The molecule has 0 fully saturated rings. The van der Waals surface area contributed by atoms with E-state index in [1.54, 1.807) is 0 Å². The third kappa shape index (κ3) is 5.98. The molecule has 0 radical (unpaired) electrons. The van der Waals surface area contributed by atoms with E-state index in [0.717, 1.165) is 62.0 Å². The topological polar surface area (TPSA) is 25.6 Å². The lowest BCUT2D eigenvalue weighted by Crippen LogP contribution is -2.31. The van der Waals surface area contributed by atoms with Crippen LogP contribution in [0.4, 0.5) is 17.1 Å². The maximum Gasteiger partial charge on any atom is 0.178 e. The Hall–Kier alpha value is -8.66. The number of ether oxygens (including phenoxy) is 1. The number of hydrogen-bond acceptors (Lipinski definition) is 3. The maximum atomic E-state index is 7.26. The van der Waals surface area contributed by atoms with Crippen LogP contribution in [0.3, 0.4) is 0 Å². The van der Waals surface area contributed by atoms with E-state index in [-0.39, 0.29) is 0 Å². The van der Waals surface area contributed by atoms with Gasteiger partial charge in [-0.3, -0.25) is 0 Å². The van der Waals surface area contributed by atoms with Crippen molar-refractivity contribution in [3.05, 3.63) is 271 Å². The summed E-state index contributed by atoms with van der Waals surface area (Å²) >= 11 is 0. The number of rotatable bonds is 7. The first-order chi connectivity index (χ1) is 32.7. The van der Waals surface area contributed by atoms with E-state index in [9.17, 15) is 0 Å². The second kappa shape index (κ2) is 15.3. The highest BCUT2D eigenvalue weighted by molar-refractivity contribution is 5.96. The lowest BCUT2D eigenvalue weighted by Gasteiger charge is -2.36. The van der Waals surface area contributed by atoms with Gasteiger partial charge in [-0.15, -0.1) is 0 Å². The molecule has 13 rings (SSSR count). The molecule has 0 amide bonds. The Morgan fingerprint density at radius 3 is 1.27 bits per heavy atom. The fraction of sp³-hybridized carbons (Fsp3) is 0.0159.